The Morgan fingerprint density at radius 1 is 0.767 bits per heavy atom. The average molecular weight is 1680 g/mol. The number of allylic oxidation sites excluding steroid dienone is 6. The predicted octanol–water partition coefficient (Wildman–Crippen LogP) is 9.72. The van der Waals surface area contributed by atoms with E-state index < -0.39 is 77.8 Å². The monoisotopic (exact) mass is 1670 g/mol. The standard InChI is InChI=1S/C88H130N12O20/c1-56-21-12-11-13-22-57(2)73(110-8)52-67-30-26-62(7)88(109,120-67)82(106)85(107)99-35-17-14-25-69(99)86(108)118-74(53-70(102)58(3)48-61(6)80(105)81(112-10)79(104)60(5)47-56)59(4)49-63-27-31-72(75(50-63)111-9)117-39-19-15-23-65-54-98(97-95-65)37-40-114-42-44-116-46-45-115-43-41-113-38-20-24-66(101)29-33-76(103)91-34-16-18-36-100-84-77(83(89)92-55-93-84)78(96-100)64-28-32-71-68(51-64)94-87(90)119-71/h11-13,21-22,28,32,48,51,54-56,58-60,62-63,67,69,72-75,80-81,105,109H,14-20,23-27,29-31,33-47,49-50,52-53H2,1-10H3,(H2,90,94)(H,91,103)(H2,89,92,93)/b13-11+,21-12+,57-22+,61-48+/t56-,58-,59-,60-,62-,63+,67+,69+,72-,73+,74+,75-,80-,81+,88-/m1/s1. The van der Waals surface area contributed by atoms with Crippen LogP contribution in [0, 0.1) is 35.5 Å². The second kappa shape index (κ2) is 48.4. The van der Waals surface area contributed by atoms with Crippen molar-refractivity contribution in [2.24, 2.45) is 35.5 Å². The molecule has 4 aromatic heterocycles. The third-order valence-electron chi connectivity index (χ3n) is 23.5. The van der Waals surface area contributed by atoms with Crippen LogP contribution in [0.5, 0.6) is 0 Å². The molecule has 32 nitrogen and oxygen atoms in total. The Balaban J connectivity index is 0.635. The van der Waals surface area contributed by atoms with Gasteiger partial charge in [0.15, 0.2) is 17.0 Å². The van der Waals surface area contributed by atoms with Crippen molar-refractivity contribution in [2.75, 3.05) is 105 Å². The highest BCUT2D eigenvalue weighted by Crippen LogP contribution is 2.40. The minimum atomic E-state index is -2.46. The number of nitrogens with two attached hydrogens (primary N) is 2. The van der Waals surface area contributed by atoms with Gasteiger partial charge in [0.05, 0.1) is 88.3 Å². The summed E-state index contributed by atoms with van der Waals surface area (Å²) in [7, 11) is 4.64. The number of nitrogens with one attached hydrogen (secondary N) is 1. The van der Waals surface area contributed by atoms with Gasteiger partial charge in [-0.3, -0.25) is 28.8 Å². The van der Waals surface area contributed by atoms with Crippen molar-refractivity contribution >= 4 is 74.9 Å². The third kappa shape index (κ3) is 28.1. The molecule has 4 aliphatic rings. The molecule has 120 heavy (non-hydrogen) atoms. The molecule has 2 saturated heterocycles. The highest BCUT2D eigenvalue weighted by Gasteiger charge is 2.53. The molecule has 0 unspecified atom stereocenters. The average Bonchev–Trinajstić information content (AvgIpc) is 1.78. The zero-order valence-electron chi connectivity index (χ0n) is 71.9. The van der Waals surface area contributed by atoms with E-state index in [1.165, 1.54) is 18.3 Å². The number of carbonyl (C=O) groups is 7. The summed E-state index contributed by atoms with van der Waals surface area (Å²) >= 11 is 0. The van der Waals surface area contributed by atoms with Crippen LogP contribution in [0.2, 0.25) is 0 Å². The molecule has 3 aliphatic heterocycles. The van der Waals surface area contributed by atoms with Crippen molar-refractivity contribution in [3.63, 3.8) is 0 Å². The number of esters is 1. The van der Waals surface area contributed by atoms with Gasteiger partial charge in [-0.1, -0.05) is 76.3 Å². The van der Waals surface area contributed by atoms with Gasteiger partial charge in [-0.2, -0.15) is 10.1 Å². The maximum Gasteiger partial charge on any atom is 0.329 e. The Morgan fingerprint density at radius 2 is 1.52 bits per heavy atom. The zero-order chi connectivity index (χ0) is 86.3. The maximum absolute atomic E-state index is 14.8. The lowest BCUT2D eigenvalue weighted by molar-refractivity contribution is -0.265. The fraction of sp³-hybridized carbons (Fsp3) is 0.670. The minimum absolute atomic E-state index is 0.00631. The number of amides is 2. The quantitative estimate of drug-likeness (QED) is 0.0107. The lowest BCUT2D eigenvalue weighted by atomic mass is 9.78. The number of Topliss-reactive ketones (excluding diaryl/α,β-unsaturated/α-hetero) is 4. The number of piperidine rings is 1. The maximum atomic E-state index is 14.8. The molecule has 9 rings (SSSR count). The Morgan fingerprint density at radius 3 is 2.27 bits per heavy atom. The molecule has 0 radical (unpaired) electrons. The number of aliphatic hydroxyl groups excluding tert-OH is 1. The molecular weight excluding hydrogens is 1550 g/mol. The number of methoxy groups -OCH3 is 3. The van der Waals surface area contributed by atoms with Gasteiger partial charge in [-0.25, -0.2) is 24.1 Å². The van der Waals surface area contributed by atoms with Gasteiger partial charge in [-0.15, -0.1) is 5.10 Å². The fourth-order valence-corrected chi connectivity index (χ4v) is 16.3. The Labute approximate surface area is 704 Å². The van der Waals surface area contributed by atoms with Gasteiger partial charge >= 0.3 is 5.97 Å². The number of ketones is 4. The Kier molecular flexibility index (Phi) is 38.5. The van der Waals surface area contributed by atoms with Crippen LogP contribution in [0.4, 0.5) is 11.8 Å². The molecule has 15 atom stereocenters. The number of unbranched alkanes of at least 4 members (excludes halogenated alkanes) is 2. The highest BCUT2D eigenvalue weighted by molar-refractivity contribution is 6.39. The summed E-state index contributed by atoms with van der Waals surface area (Å²) < 4.78 is 68.5. The Hall–Kier alpha value is -8.41. The predicted molar refractivity (Wildman–Crippen MR) is 448 cm³/mol. The summed E-state index contributed by atoms with van der Waals surface area (Å²) in [6.07, 6.45) is 20.0. The van der Waals surface area contributed by atoms with Gasteiger partial charge in [0, 0.05) is 116 Å². The third-order valence-corrected chi connectivity index (χ3v) is 23.5. The van der Waals surface area contributed by atoms with Crippen molar-refractivity contribution in [3.8, 4) is 11.3 Å². The number of aromatic nitrogens is 8. The van der Waals surface area contributed by atoms with Crippen LogP contribution in [-0.2, 0) is 100 Å². The first-order valence-electron chi connectivity index (χ1n) is 43.0. The zero-order valence-corrected chi connectivity index (χ0v) is 71.9. The van der Waals surface area contributed by atoms with Crippen molar-refractivity contribution in [2.45, 2.75) is 251 Å². The summed E-state index contributed by atoms with van der Waals surface area (Å²) in [5.74, 6) is -8.06. The number of aliphatic hydroxyl groups is 2. The van der Waals surface area contributed by atoms with Gasteiger partial charge < -0.3 is 83.7 Å². The van der Waals surface area contributed by atoms with Crippen molar-refractivity contribution < 1.29 is 95.6 Å². The van der Waals surface area contributed by atoms with Crippen molar-refractivity contribution in [1.82, 2.24) is 49.9 Å². The summed E-state index contributed by atoms with van der Waals surface area (Å²) in [5.41, 5.74) is 17.3. The number of nitrogen functional groups attached to an aromatic ring is 2. The molecular formula is C88H130N12O20. The summed E-state index contributed by atoms with van der Waals surface area (Å²) in [6.45, 7) is 18.1. The van der Waals surface area contributed by atoms with Crippen LogP contribution in [0.3, 0.4) is 0 Å². The number of hydrogen-bond donors (Lipinski definition) is 5. The van der Waals surface area contributed by atoms with Gasteiger partial charge in [0.1, 0.15) is 59.3 Å². The molecule has 2 amide bonds. The van der Waals surface area contributed by atoms with Crippen LogP contribution in [0.15, 0.2) is 82.7 Å². The summed E-state index contributed by atoms with van der Waals surface area (Å²) in [4.78, 5) is 111. The topological polar surface area (TPSA) is 420 Å². The van der Waals surface area contributed by atoms with E-state index in [0.717, 1.165) is 48.9 Å². The molecule has 662 valence electrons. The number of carbonyl (C=O) groups excluding carboxylic acids is 7. The van der Waals surface area contributed by atoms with E-state index in [9.17, 15) is 43.8 Å². The number of hydrogen-bond acceptors (Lipinski definition) is 28. The molecule has 3 fully saturated rings. The first-order valence-corrected chi connectivity index (χ1v) is 43.0. The van der Waals surface area contributed by atoms with E-state index in [1.54, 1.807) is 56.5 Å². The number of aryl methyl sites for hydroxylation is 2. The molecule has 7 heterocycles. The van der Waals surface area contributed by atoms with Crippen LogP contribution in [0.1, 0.15) is 183 Å². The second-order valence-corrected chi connectivity index (χ2v) is 32.8. The molecule has 1 aromatic carbocycles. The SMILES string of the molecule is CO[C@H]1C[C@@H]2CC[C@@H](C)[C@@](O)(O2)C(=O)C(=O)N2CCCC[C@H]2C(=O)O[C@H]([C@H](C)C[C@@H]2CC[C@@H](OCCCCc3cn(CCOCCOCCOCCOCCCC(=O)CCC(=O)NCCCCn4nc(-c5ccc6oc(N)nc6c5)c5c(N)ncnc54)nn3)[C@H](OC)C2)CC(=O)[C@H](C)/C=C(\C)[C@@H](O)[C@@H](OC)C(=O)[C@H](C)C[C@H](C)/C=C/C=C/C=C/1C. The molecule has 32 heteroatoms. The molecule has 0 spiro atoms. The minimum Gasteiger partial charge on any atom is -0.460 e. The number of benzene rings is 1. The van der Waals surface area contributed by atoms with Crippen molar-refractivity contribution in [3.05, 3.63) is 84.0 Å². The number of rotatable bonds is 37. The lowest BCUT2D eigenvalue weighted by Crippen LogP contribution is -2.61. The van der Waals surface area contributed by atoms with E-state index in [2.05, 4.69) is 30.6 Å². The summed E-state index contributed by atoms with van der Waals surface area (Å²) in [5, 5.41) is 40.8. The molecule has 7 N–H and O–H groups in total. The first-order chi connectivity index (χ1) is 57.8. The number of ether oxygens (including phenoxy) is 10. The second-order valence-electron chi connectivity index (χ2n) is 32.8. The molecule has 5 aromatic rings. The normalized spacial score (nSPS) is 27.4. The number of anilines is 2. The summed E-state index contributed by atoms with van der Waals surface area (Å²) in [6, 6.07) is 4.36. The van der Waals surface area contributed by atoms with E-state index in [1.807, 2.05) is 76.4 Å². The van der Waals surface area contributed by atoms with E-state index in [4.69, 9.17) is 68.4 Å². The largest absolute Gasteiger partial charge is 0.460 e. The van der Waals surface area contributed by atoms with Crippen LogP contribution in [0.25, 0.3) is 33.4 Å². The number of fused-ring (bicyclic) bond motifs is 5. The van der Waals surface area contributed by atoms with E-state index >= 15 is 0 Å². The lowest BCUT2D eigenvalue weighted by Gasteiger charge is -2.42. The van der Waals surface area contributed by atoms with Gasteiger partial charge in [0.2, 0.25) is 11.7 Å². The number of nitrogens with zero attached hydrogens (tertiary/aromatic N) is 9. The Bertz CT molecular complexity index is 4250. The van der Waals surface area contributed by atoms with E-state index in [0.29, 0.717) is 195 Å². The van der Waals surface area contributed by atoms with Crippen LogP contribution < -0.4 is 16.8 Å². The smallest absolute Gasteiger partial charge is 0.329 e. The van der Waals surface area contributed by atoms with Gasteiger partial charge in [0.25, 0.3) is 17.7 Å². The highest BCUT2D eigenvalue weighted by atomic mass is 16.6. The fourth-order valence-electron chi connectivity index (χ4n) is 16.3. The molecule has 1 aliphatic carbocycles. The number of cyclic esters (lactones) is 1. The first kappa shape index (κ1) is 95.4. The van der Waals surface area contributed by atoms with Gasteiger partial charge in [-0.05, 0) is 164 Å². The van der Waals surface area contributed by atoms with Crippen LogP contribution >= 0.6 is 0 Å². The van der Waals surface area contributed by atoms with E-state index in [-0.39, 0.29) is 91.5 Å². The molecule has 1 saturated carbocycles. The number of oxazole rings is 1. The molecule has 2 bridgehead atoms. The van der Waals surface area contributed by atoms with Crippen molar-refractivity contribution in [1.29, 1.82) is 0 Å². The van der Waals surface area contributed by atoms with Crippen LogP contribution in [-0.4, -0.2) is 244 Å².